The van der Waals surface area contributed by atoms with E-state index in [9.17, 15) is 0 Å². The number of fused-ring (bicyclic) bond motifs is 2. The first-order valence-electron chi connectivity index (χ1n) is 5.91. The van der Waals surface area contributed by atoms with Crippen LogP contribution in [0.5, 0.6) is 0 Å². The Bertz CT molecular complexity index is 225. The summed E-state index contributed by atoms with van der Waals surface area (Å²) in [6.07, 6.45) is 2.68. The van der Waals surface area contributed by atoms with Crippen LogP contribution < -0.4 is 5.32 Å². The summed E-state index contributed by atoms with van der Waals surface area (Å²) in [7, 11) is 0. The molecule has 4 rings (SSSR count). The third-order valence-corrected chi connectivity index (χ3v) is 4.41. The van der Waals surface area contributed by atoms with Crippen molar-refractivity contribution in [3.05, 3.63) is 0 Å². The fraction of sp³-hybridized carbons (Fsp3) is 1.00. The summed E-state index contributed by atoms with van der Waals surface area (Å²) >= 11 is 0. The third-order valence-electron chi connectivity index (χ3n) is 4.41. The maximum absolute atomic E-state index is 6.15. The molecule has 80 valence electrons. The molecule has 0 aliphatic carbocycles. The predicted octanol–water partition coefficient (Wildman–Crippen LogP) is 0.459. The first-order chi connectivity index (χ1) is 6.81. The molecule has 0 amide bonds. The highest BCUT2D eigenvalue weighted by molar-refractivity contribution is 5.06. The second-order valence-corrected chi connectivity index (χ2v) is 5.03. The first-order valence-corrected chi connectivity index (χ1v) is 5.91. The van der Waals surface area contributed by atoms with E-state index in [1.807, 2.05) is 0 Å². The molecule has 4 saturated heterocycles. The van der Waals surface area contributed by atoms with Crippen LogP contribution in [-0.4, -0.2) is 49.3 Å². The van der Waals surface area contributed by atoms with Crippen molar-refractivity contribution in [2.75, 3.05) is 32.8 Å². The van der Waals surface area contributed by atoms with Gasteiger partial charge in [0.2, 0.25) is 0 Å². The average Bonchev–Trinajstić information content (AvgIpc) is 2.24. The molecule has 3 nitrogen and oxygen atoms in total. The largest absolute Gasteiger partial charge is 0.370 e. The Hall–Kier alpha value is -0.120. The minimum Gasteiger partial charge on any atom is -0.370 e. The molecular formula is C11H20N2O. The van der Waals surface area contributed by atoms with Gasteiger partial charge in [-0.05, 0) is 38.8 Å². The second kappa shape index (κ2) is 3.19. The van der Waals surface area contributed by atoms with Crippen LogP contribution in [0.4, 0.5) is 0 Å². The van der Waals surface area contributed by atoms with E-state index in [1.165, 1.54) is 25.9 Å². The van der Waals surface area contributed by atoms with Crippen LogP contribution >= 0.6 is 0 Å². The van der Waals surface area contributed by atoms with Crippen LogP contribution in [0.1, 0.15) is 19.8 Å². The van der Waals surface area contributed by atoms with Crippen molar-refractivity contribution in [3.8, 4) is 0 Å². The van der Waals surface area contributed by atoms with Gasteiger partial charge in [-0.2, -0.15) is 0 Å². The summed E-state index contributed by atoms with van der Waals surface area (Å²) in [6.45, 7) is 7.96. The van der Waals surface area contributed by atoms with Gasteiger partial charge in [0.05, 0.1) is 12.2 Å². The molecule has 4 aliphatic heterocycles. The number of nitrogens with zero attached hydrogens (tertiary/aromatic N) is 1. The van der Waals surface area contributed by atoms with E-state index >= 15 is 0 Å². The lowest BCUT2D eigenvalue weighted by atomic mass is 9.71. The SMILES string of the molecule is CC1NCCOC12CN1CCC2CC1. The van der Waals surface area contributed by atoms with Crippen molar-refractivity contribution >= 4 is 0 Å². The molecule has 0 aromatic heterocycles. The molecule has 4 fully saturated rings. The lowest BCUT2D eigenvalue weighted by molar-refractivity contribution is -0.183. The number of hydrogen-bond donors (Lipinski definition) is 1. The fourth-order valence-electron chi connectivity index (χ4n) is 3.53. The summed E-state index contributed by atoms with van der Waals surface area (Å²) in [5.41, 5.74) is 0.148. The molecule has 14 heavy (non-hydrogen) atoms. The quantitative estimate of drug-likeness (QED) is 0.609. The van der Waals surface area contributed by atoms with Crippen LogP contribution in [0.25, 0.3) is 0 Å². The monoisotopic (exact) mass is 196 g/mol. The van der Waals surface area contributed by atoms with Crippen molar-refractivity contribution in [1.82, 2.24) is 10.2 Å². The number of rotatable bonds is 0. The van der Waals surface area contributed by atoms with E-state index in [1.54, 1.807) is 0 Å². The van der Waals surface area contributed by atoms with Gasteiger partial charge >= 0.3 is 0 Å². The fourth-order valence-corrected chi connectivity index (χ4v) is 3.53. The zero-order valence-corrected chi connectivity index (χ0v) is 8.96. The molecule has 2 atom stereocenters. The minimum absolute atomic E-state index is 0.148. The molecule has 0 aromatic rings. The van der Waals surface area contributed by atoms with Gasteiger partial charge in [0.1, 0.15) is 0 Å². The van der Waals surface area contributed by atoms with Crippen LogP contribution in [0, 0.1) is 5.92 Å². The normalized spacial score (nSPS) is 52.5. The number of morpholine rings is 1. The Morgan fingerprint density at radius 2 is 2.14 bits per heavy atom. The number of nitrogens with one attached hydrogen (secondary N) is 1. The van der Waals surface area contributed by atoms with E-state index in [-0.39, 0.29) is 5.60 Å². The van der Waals surface area contributed by atoms with Crippen LogP contribution in [-0.2, 0) is 4.74 Å². The van der Waals surface area contributed by atoms with Gasteiger partial charge in [-0.25, -0.2) is 0 Å². The molecule has 2 unspecified atom stereocenters. The second-order valence-electron chi connectivity index (χ2n) is 5.03. The maximum atomic E-state index is 6.15. The van der Waals surface area contributed by atoms with E-state index in [2.05, 4.69) is 17.1 Å². The predicted molar refractivity (Wildman–Crippen MR) is 55.3 cm³/mol. The number of ether oxygens (including phenoxy) is 1. The minimum atomic E-state index is 0.148. The Labute approximate surface area is 85.8 Å². The zero-order valence-electron chi connectivity index (χ0n) is 8.96. The van der Waals surface area contributed by atoms with Crippen molar-refractivity contribution < 1.29 is 4.74 Å². The van der Waals surface area contributed by atoms with Crippen molar-refractivity contribution in [3.63, 3.8) is 0 Å². The molecule has 4 heterocycles. The lowest BCUT2D eigenvalue weighted by Crippen LogP contribution is -2.70. The maximum Gasteiger partial charge on any atom is 0.0987 e. The molecule has 0 saturated carbocycles. The van der Waals surface area contributed by atoms with Gasteiger partial charge in [-0.1, -0.05) is 0 Å². The van der Waals surface area contributed by atoms with Crippen molar-refractivity contribution in [2.24, 2.45) is 5.92 Å². The highest BCUT2D eigenvalue weighted by atomic mass is 16.5. The van der Waals surface area contributed by atoms with Crippen molar-refractivity contribution in [1.29, 1.82) is 0 Å². The van der Waals surface area contributed by atoms with Gasteiger partial charge in [0.25, 0.3) is 0 Å². The van der Waals surface area contributed by atoms with Gasteiger partial charge in [0, 0.05) is 19.1 Å². The summed E-state index contributed by atoms with van der Waals surface area (Å²) in [4.78, 5) is 2.57. The third kappa shape index (κ3) is 1.16. The Morgan fingerprint density at radius 3 is 2.71 bits per heavy atom. The first kappa shape index (κ1) is 9.13. The smallest absolute Gasteiger partial charge is 0.0987 e. The van der Waals surface area contributed by atoms with Gasteiger partial charge < -0.3 is 15.0 Å². The highest BCUT2D eigenvalue weighted by Crippen LogP contribution is 2.41. The average molecular weight is 196 g/mol. The Kier molecular flexibility index (Phi) is 2.08. The van der Waals surface area contributed by atoms with E-state index in [0.29, 0.717) is 6.04 Å². The van der Waals surface area contributed by atoms with Gasteiger partial charge in [0.15, 0.2) is 0 Å². The molecular weight excluding hydrogens is 176 g/mol. The van der Waals surface area contributed by atoms with Crippen LogP contribution in [0.3, 0.4) is 0 Å². The number of piperidine rings is 3. The topological polar surface area (TPSA) is 24.5 Å². The van der Waals surface area contributed by atoms with Crippen LogP contribution in [0.15, 0.2) is 0 Å². The summed E-state index contributed by atoms with van der Waals surface area (Å²) in [5.74, 6) is 0.801. The molecule has 3 heteroatoms. The van der Waals surface area contributed by atoms with E-state index in [0.717, 1.165) is 25.6 Å². The van der Waals surface area contributed by atoms with E-state index < -0.39 is 0 Å². The summed E-state index contributed by atoms with van der Waals surface area (Å²) < 4.78 is 6.15. The number of hydrogen-bond acceptors (Lipinski definition) is 3. The molecule has 0 aromatic carbocycles. The Morgan fingerprint density at radius 1 is 1.36 bits per heavy atom. The van der Waals surface area contributed by atoms with Crippen LogP contribution in [0.2, 0.25) is 0 Å². The van der Waals surface area contributed by atoms with Crippen molar-refractivity contribution in [2.45, 2.75) is 31.4 Å². The Balaban J connectivity index is 1.87. The van der Waals surface area contributed by atoms with Gasteiger partial charge in [-0.3, -0.25) is 0 Å². The summed E-state index contributed by atoms with van der Waals surface area (Å²) in [6, 6.07) is 0.532. The highest BCUT2D eigenvalue weighted by Gasteiger charge is 2.51. The van der Waals surface area contributed by atoms with E-state index in [4.69, 9.17) is 4.74 Å². The van der Waals surface area contributed by atoms with Gasteiger partial charge in [-0.15, -0.1) is 0 Å². The molecule has 0 radical (unpaired) electrons. The molecule has 4 aliphatic rings. The lowest BCUT2D eigenvalue weighted by Gasteiger charge is -2.57. The molecule has 1 N–H and O–H groups in total. The molecule has 2 bridgehead atoms. The molecule has 1 spiro atoms. The summed E-state index contributed by atoms with van der Waals surface area (Å²) in [5, 5.41) is 3.58. The standard InChI is InChI=1S/C11H20N2O/c1-9-11(14-7-4-12-9)8-13-5-2-10(11)3-6-13/h9-10,12H,2-8H2,1H3. The zero-order chi connectivity index (χ0) is 9.60.